The van der Waals surface area contributed by atoms with Crippen molar-refractivity contribution >= 4 is 11.6 Å². The summed E-state index contributed by atoms with van der Waals surface area (Å²) in [6.07, 6.45) is 1.08. The number of halogens is 1. The standard InChI is InChI=1S/C24H20FN7O3/c1-35-19-10-15(9-18(13-33)28-19)20-21(14-5-3-2-4-6-14)29-23(26)32-22(20)30-31(24(32)34)12-17-8-7-16(25)11-27-17/h2-11,33H,12-13H2,1H3,(H2,26,29)/p+1. The van der Waals surface area contributed by atoms with Gasteiger partial charge in [0.2, 0.25) is 11.5 Å². The Balaban J connectivity index is 1.81. The number of nitrogens with two attached hydrogens (primary N) is 1. The van der Waals surface area contributed by atoms with E-state index in [4.69, 9.17) is 10.5 Å². The molecule has 0 aliphatic heterocycles. The Bertz CT molecular complexity index is 1560. The monoisotopic (exact) mass is 474 g/mol. The van der Waals surface area contributed by atoms with Gasteiger partial charge < -0.3 is 9.84 Å². The average Bonchev–Trinajstić information content (AvgIpc) is 3.21. The van der Waals surface area contributed by atoms with E-state index in [1.54, 1.807) is 12.1 Å². The minimum absolute atomic E-state index is 0.0158. The van der Waals surface area contributed by atoms with Gasteiger partial charge in [0.15, 0.2) is 0 Å². The number of nitrogens with zero attached hydrogens (tertiary/aromatic N) is 5. The third-order valence-electron chi connectivity index (χ3n) is 5.48. The van der Waals surface area contributed by atoms with Crippen molar-refractivity contribution in [2.75, 3.05) is 12.8 Å². The summed E-state index contributed by atoms with van der Waals surface area (Å²) in [4.78, 5) is 24.7. The Labute approximate surface area is 198 Å². The van der Waals surface area contributed by atoms with Crippen LogP contribution in [-0.4, -0.2) is 36.4 Å². The summed E-state index contributed by atoms with van der Waals surface area (Å²) in [5, 5.41) is 14.3. The quantitative estimate of drug-likeness (QED) is 0.382. The third-order valence-corrected chi connectivity index (χ3v) is 5.48. The highest BCUT2D eigenvalue weighted by Gasteiger charge is 2.26. The van der Waals surface area contributed by atoms with E-state index in [9.17, 15) is 14.3 Å². The van der Waals surface area contributed by atoms with E-state index in [1.165, 1.54) is 28.3 Å². The molecule has 4 heterocycles. The Kier molecular flexibility index (Phi) is 5.67. The number of hydrogen-bond acceptors (Lipinski definition) is 7. The third kappa shape index (κ3) is 4.08. The van der Waals surface area contributed by atoms with Crippen LogP contribution >= 0.6 is 0 Å². The molecule has 0 unspecified atom stereocenters. The molecule has 0 saturated heterocycles. The van der Waals surface area contributed by atoms with E-state index in [0.717, 1.165) is 11.8 Å². The van der Waals surface area contributed by atoms with Gasteiger partial charge in [-0.05, 0) is 23.8 Å². The highest BCUT2D eigenvalue weighted by atomic mass is 19.1. The predicted octanol–water partition coefficient (Wildman–Crippen LogP) is 1.70. The molecule has 5 rings (SSSR count). The van der Waals surface area contributed by atoms with Crippen molar-refractivity contribution in [3.63, 3.8) is 0 Å². The molecule has 0 spiro atoms. The summed E-state index contributed by atoms with van der Waals surface area (Å²) >= 11 is 0. The van der Waals surface area contributed by atoms with Crippen LogP contribution in [0, 0.1) is 5.82 Å². The van der Waals surface area contributed by atoms with E-state index in [0.29, 0.717) is 28.2 Å². The SMILES string of the molecule is COc1cc(-c2c(-c3ccccc3)[nH+]c(N)n3c(=O)n(Cc4ccc(F)cn4)nc23)cc(CO)n1. The first-order valence-corrected chi connectivity index (χ1v) is 10.6. The first kappa shape index (κ1) is 22.2. The largest absolute Gasteiger partial charge is 0.481 e. The molecular weight excluding hydrogens is 453 g/mol. The van der Waals surface area contributed by atoms with Gasteiger partial charge in [-0.2, -0.15) is 4.68 Å². The average molecular weight is 474 g/mol. The number of aliphatic hydroxyl groups excluding tert-OH is 1. The van der Waals surface area contributed by atoms with Gasteiger partial charge >= 0.3 is 11.6 Å². The van der Waals surface area contributed by atoms with Crippen molar-refractivity contribution in [1.29, 1.82) is 0 Å². The Morgan fingerprint density at radius 2 is 1.91 bits per heavy atom. The van der Waals surface area contributed by atoms with Crippen molar-refractivity contribution < 1.29 is 19.2 Å². The number of pyridine rings is 2. The van der Waals surface area contributed by atoms with Gasteiger partial charge in [-0.3, -0.25) is 10.7 Å². The van der Waals surface area contributed by atoms with Crippen LogP contribution in [0.15, 0.2) is 65.6 Å². The second-order valence-corrected chi connectivity index (χ2v) is 7.74. The highest BCUT2D eigenvalue weighted by molar-refractivity contribution is 5.89. The maximum absolute atomic E-state index is 13.3. The zero-order valence-electron chi connectivity index (χ0n) is 18.6. The number of methoxy groups -OCH3 is 1. The molecule has 0 aliphatic carbocycles. The molecule has 0 fully saturated rings. The lowest BCUT2D eigenvalue weighted by molar-refractivity contribution is -0.351. The molecule has 0 aliphatic rings. The summed E-state index contributed by atoms with van der Waals surface area (Å²) < 4.78 is 21.1. The number of benzene rings is 1. The van der Waals surface area contributed by atoms with Crippen molar-refractivity contribution in [3.05, 3.63) is 88.5 Å². The summed E-state index contributed by atoms with van der Waals surface area (Å²) in [5.41, 5.74) is 9.50. The molecule has 4 N–H and O–H groups in total. The molecule has 0 atom stereocenters. The number of anilines is 1. The summed E-state index contributed by atoms with van der Waals surface area (Å²) in [6, 6.07) is 15.6. The molecule has 1 aromatic carbocycles. The first-order valence-electron chi connectivity index (χ1n) is 10.6. The number of nitrogens with one attached hydrogen (secondary N) is 1. The number of rotatable bonds is 6. The van der Waals surface area contributed by atoms with Crippen molar-refractivity contribution in [2.24, 2.45) is 0 Å². The topological polar surface area (TPSA) is 135 Å². The molecule has 5 aromatic rings. The van der Waals surface area contributed by atoms with E-state index >= 15 is 0 Å². The minimum atomic E-state index is -0.496. The van der Waals surface area contributed by atoms with Crippen molar-refractivity contribution in [3.8, 4) is 28.3 Å². The predicted molar refractivity (Wildman–Crippen MR) is 125 cm³/mol. The number of aromatic amines is 1. The van der Waals surface area contributed by atoms with Gasteiger partial charge in [0.1, 0.15) is 11.5 Å². The number of hydrogen-bond donors (Lipinski definition) is 2. The van der Waals surface area contributed by atoms with Crippen LogP contribution in [-0.2, 0) is 13.2 Å². The molecule has 0 amide bonds. The Morgan fingerprint density at radius 3 is 2.60 bits per heavy atom. The summed E-state index contributed by atoms with van der Waals surface area (Å²) in [6.45, 7) is -0.292. The van der Waals surface area contributed by atoms with E-state index in [2.05, 4.69) is 20.1 Å². The fourth-order valence-corrected chi connectivity index (χ4v) is 3.89. The summed E-state index contributed by atoms with van der Waals surface area (Å²) in [7, 11) is 1.48. The number of aromatic nitrogens is 6. The second-order valence-electron chi connectivity index (χ2n) is 7.74. The van der Waals surface area contributed by atoms with Crippen LogP contribution in [0.4, 0.5) is 10.3 Å². The van der Waals surface area contributed by atoms with Crippen LogP contribution in [0.2, 0.25) is 0 Å². The first-order chi connectivity index (χ1) is 17.0. The van der Waals surface area contributed by atoms with Crippen LogP contribution in [0.25, 0.3) is 28.0 Å². The van der Waals surface area contributed by atoms with Gasteiger partial charge in [-0.25, -0.2) is 19.2 Å². The van der Waals surface area contributed by atoms with E-state index in [-0.39, 0.29) is 30.6 Å². The Hall–Kier alpha value is -4.64. The fourth-order valence-electron chi connectivity index (χ4n) is 3.89. The molecule has 4 aromatic heterocycles. The van der Waals surface area contributed by atoms with Crippen molar-refractivity contribution in [2.45, 2.75) is 13.2 Å². The smallest absolute Gasteiger partial charge is 0.411 e. The zero-order valence-corrected chi connectivity index (χ0v) is 18.6. The highest BCUT2D eigenvalue weighted by Crippen LogP contribution is 2.34. The van der Waals surface area contributed by atoms with Crippen LogP contribution in [0.1, 0.15) is 11.4 Å². The fraction of sp³-hybridized carbons (Fsp3) is 0.125. The van der Waals surface area contributed by atoms with E-state index < -0.39 is 11.5 Å². The lowest BCUT2D eigenvalue weighted by Gasteiger charge is -2.11. The number of H-pyrrole nitrogens is 1. The molecule has 176 valence electrons. The molecule has 11 heteroatoms. The van der Waals surface area contributed by atoms with Crippen LogP contribution in [0.5, 0.6) is 5.88 Å². The van der Waals surface area contributed by atoms with Crippen LogP contribution in [0.3, 0.4) is 0 Å². The minimum Gasteiger partial charge on any atom is -0.481 e. The number of ether oxygens (including phenoxy) is 1. The van der Waals surface area contributed by atoms with Gasteiger partial charge in [0.05, 0.1) is 43.4 Å². The van der Waals surface area contributed by atoms with Gasteiger partial charge in [0.25, 0.3) is 0 Å². The van der Waals surface area contributed by atoms with Gasteiger partial charge in [-0.1, -0.05) is 30.3 Å². The maximum atomic E-state index is 13.3. The molecular formula is C24H21FN7O3+. The second kappa shape index (κ2) is 8.95. The molecule has 0 saturated carbocycles. The van der Waals surface area contributed by atoms with Crippen molar-refractivity contribution in [1.82, 2.24) is 24.1 Å². The van der Waals surface area contributed by atoms with Crippen LogP contribution < -0.4 is 21.1 Å². The molecule has 10 nitrogen and oxygen atoms in total. The normalized spacial score (nSPS) is 11.2. The number of nitrogen functional groups attached to an aromatic ring is 1. The Morgan fingerprint density at radius 1 is 1.11 bits per heavy atom. The zero-order chi connectivity index (χ0) is 24.5. The number of aliphatic hydroxyl groups is 1. The van der Waals surface area contributed by atoms with Gasteiger partial charge in [-0.15, -0.1) is 9.50 Å². The van der Waals surface area contributed by atoms with Gasteiger partial charge in [0, 0.05) is 11.6 Å². The molecule has 0 radical (unpaired) electrons. The maximum Gasteiger partial charge on any atom is 0.411 e. The number of fused-ring (bicyclic) bond motifs is 1. The molecule has 35 heavy (non-hydrogen) atoms. The lowest BCUT2D eigenvalue weighted by Crippen LogP contribution is -2.28. The molecule has 0 bridgehead atoms. The van der Waals surface area contributed by atoms with E-state index in [1.807, 2.05) is 30.3 Å². The lowest BCUT2D eigenvalue weighted by atomic mass is 10.00. The summed E-state index contributed by atoms with van der Waals surface area (Å²) in [5.74, 6) is -0.108.